The van der Waals surface area contributed by atoms with Crippen LogP contribution < -0.4 is 4.72 Å². The number of hydrogen-bond acceptors (Lipinski definition) is 6. The van der Waals surface area contributed by atoms with Gasteiger partial charge >= 0.3 is 0 Å². The number of sulfonamides is 1. The Hall–Kier alpha value is -2.72. The second-order valence-electron chi connectivity index (χ2n) is 5.72. The maximum absolute atomic E-state index is 12.6. The standard InChI is InChI=1S/C15H14ClN5O4S/c1-8-13(16)5-11(6-14(8)21(22)23)26(24,25)19-10-4-12-9(2)18-20(3)15(12)17-7-10/h4-7,19H,1-3H3. The van der Waals surface area contributed by atoms with E-state index in [1.54, 1.807) is 24.7 Å². The van der Waals surface area contributed by atoms with E-state index >= 15 is 0 Å². The predicted octanol–water partition coefficient (Wildman–Crippen LogP) is 2.95. The smallest absolute Gasteiger partial charge is 0.275 e. The van der Waals surface area contributed by atoms with Crippen molar-refractivity contribution in [3.63, 3.8) is 0 Å². The van der Waals surface area contributed by atoms with Gasteiger partial charge in [0.05, 0.1) is 32.4 Å². The average molecular weight is 396 g/mol. The lowest BCUT2D eigenvalue weighted by Gasteiger charge is -2.10. The third-order valence-corrected chi connectivity index (χ3v) is 5.67. The van der Waals surface area contributed by atoms with E-state index in [2.05, 4.69) is 14.8 Å². The largest absolute Gasteiger partial charge is 0.278 e. The van der Waals surface area contributed by atoms with Crippen LogP contribution in [0.15, 0.2) is 29.3 Å². The lowest BCUT2D eigenvalue weighted by Crippen LogP contribution is -2.14. The maximum Gasteiger partial charge on any atom is 0.275 e. The van der Waals surface area contributed by atoms with Crippen LogP contribution >= 0.6 is 11.6 Å². The third kappa shape index (κ3) is 3.08. The molecule has 0 atom stereocenters. The first-order valence-corrected chi connectivity index (χ1v) is 9.23. The van der Waals surface area contributed by atoms with Crippen LogP contribution in [0.25, 0.3) is 11.0 Å². The molecule has 0 aliphatic carbocycles. The molecule has 9 nitrogen and oxygen atoms in total. The van der Waals surface area contributed by atoms with Crippen LogP contribution in [0, 0.1) is 24.0 Å². The van der Waals surface area contributed by atoms with E-state index in [-0.39, 0.29) is 26.9 Å². The summed E-state index contributed by atoms with van der Waals surface area (Å²) in [6.07, 6.45) is 1.35. The third-order valence-electron chi connectivity index (χ3n) is 3.91. The molecule has 0 fully saturated rings. The van der Waals surface area contributed by atoms with E-state index in [0.29, 0.717) is 16.7 Å². The molecule has 3 aromatic rings. The fourth-order valence-corrected chi connectivity index (χ4v) is 3.92. The summed E-state index contributed by atoms with van der Waals surface area (Å²) in [6, 6.07) is 3.75. The molecule has 0 spiro atoms. The number of halogens is 1. The molecule has 0 amide bonds. The molecule has 2 aromatic heterocycles. The first-order valence-electron chi connectivity index (χ1n) is 7.37. The summed E-state index contributed by atoms with van der Waals surface area (Å²) >= 11 is 5.95. The zero-order chi connectivity index (χ0) is 19.2. The van der Waals surface area contributed by atoms with E-state index in [9.17, 15) is 18.5 Å². The summed E-state index contributed by atoms with van der Waals surface area (Å²) in [5.41, 5.74) is 1.36. The van der Waals surface area contributed by atoms with Gasteiger partial charge in [0, 0.05) is 24.1 Å². The molecule has 0 saturated heterocycles. The number of nitrogens with one attached hydrogen (secondary N) is 1. The number of fused-ring (bicyclic) bond motifs is 1. The van der Waals surface area contributed by atoms with E-state index in [1.807, 2.05) is 0 Å². The van der Waals surface area contributed by atoms with Crippen molar-refractivity contribution in [2.75, 3.05) is 4.72 Å². The van der Waals surface area contributed by atoms with Gasteiger partial charge < -0.3 is 0 Å². The van der Waals surface area contributed by atoms with Crippen molar-refractivity contribution in [2.45, 2.75) is 18.7 Å². The fourth-order valence-electron chi connectivity index (χ4n) is 2.56. The van der Waals surface area contributed by atoms with Crippen molar-refractivity contribution in [3.05, 3.63) is 50.8 Å². The SMILES string of the molecule is Cc1c(Cl)cc(S(=O)(=O)Nc2cnc3c(c2)c(C)nn3C)cc1[N+](=O)[O-]. The van der Waals surface area contributed by atoms with Crippen LogP contribution in [-0.2, 0) is 17.1 Å². The monoisotopic (exact) mass is 395 g/mol. The van der Waals surface area contributed by atoms with Gasteiger partial charge in [0.15, 0.2) is 5.65 Å². The van der Waals surface area contributed by atoms with Crippen molar-refractivity contribution in [1.29, 1.82) is 0 Å². The number of nitro groups is 1. The van der Waals surface area contributed by atoms with E-state index in [1.165, 1.54) is 19.2 Å². The fraction of sp³-hybridized carbons (Fsp3) is 0.200. The lowest BCUT2D eigenvalue weighted by atomic mass is 10.2. The Labute approximate surface area is 153 Å². The van der Waals surface area contributed by atoms with Gasteiger partial charge in [-0.05, 0) is 26.0 Å². The number of nitrogens with zero attached hydrogens (tertiary/aromatic N) is 4. The Morgan fingerprint density at radius 3 is 2.62 bits per heavy atom. The minimum absolute atomic E-state index is 0.00347. The number of aromatic nitrogens is 3. The van der Waals surface area contributed by atoms with Crippen molar-refractivity contribution in [2.24, 2.45) is 7.05 Å². The number of nitro benzene ring substituents is 1. The minimum atomic E-state index is -4.09. The summed E-state index contributed by atoms with van der Waals surface area (Å²) in [6.45, 7) is 3.23. The number of hydrogen-bond donors (Lipinski definition) is 1. The molecule has 0 saturated carbocycles. The normalized spacial score (nSPS) is 11.7. The highest BCUT2D eigenvalue weighted by Gasteiger charge is 2.23. The molecular formula is C15H14ClN5O4S. The lowest BCUT2D eigenvalue weighted by molar-refractivity contribution is -0.385. The first kappa shape index (κ1) is 18.1. The Balaban J connectivity index is 2.04. The Kier molecular flexibility index (Phi) is 4.32. The summed E-state index contributed by atoms with van der Waals surface area (Å²) in [5, 5.41) is 16.0. The first-order chi connectivity index (χ1) is 12.1. The maximum atomic E-state index is 12.6. The summed E-state index contributed by atoms with van der Waals surface area (Å²) in [5.74, 6) is 0. The van der Waals surface area contributed by atoms with Gasteiger partial charge in [-0.25, -0.2) is 13.4 Å². The van der Waals surface area contributed by atoms with Gasteiger partial charge in [0.1, 0.15) is 0 Å². The summed E-state index contributed by atoms with van der Waals surface area (Å²) < 4.78 is 29.2. The molecule has 136 valence electrons. The van der Waals surface area contributed by atoms with Crippen LogP contribution in [0.3, 0.4) is 0 Å². The quantitative estimate of drug-likeness (QED) is 0.535. The second kappa shape index (κ2) is 6.22. The molecule has 2 heterocycles. The highest BCUT2D eigenvalue weighted by molar-refractivity contribution is 7.92. The van der Waals surface area contributed by atoms with Crippen molar-refractivity contribution in [1.82, 2.24) is 14.8 Å². The van der Waals surface area contributed by atoms with Gasteiger partial charge in [-0.3, -0.25) is 19.5 Å². The van der Waals surface area contributed by atoms with Crippen LogP contribution in [0.2, 0.25) is 5.02 Å². The molecule has 26 heavy (non-hydrogen) atoms. The Morgan fingerprint density at radius 1 is 1.27 bits per heavy atom. The van der Waals surface area contributed by atoms with E-state index in [4.69, 9.17) is 11.6 Å². The number of pyridine rings is 1. The van der Waals surface area contributed by atoms with Gasteiger partial charge in [0.25, 0.3) is 15.7 Å². The molecule has 0 aliphatic heterocycles. The van der Waals surface area contributed by atoms with Crippen molar-refractivity contribution in [3.8, 4) is 0 Å². The molecule has 3 rings (SSSR count). The molecule has 1 aromatic carbocycles. The van der Waals surface area contributed by atoms with Crippen molar-refractivity contribution >= 4 is 44.0 Å². The van der Waals surface area contributed by atoms with Gasteiger partial charge in [-0.15, -0.1) is 0 Å². The Morgan fingerprint density at radius 2 is 1.96 bits per heavy atom. The zero-order valence-corrected chi connectivity index (χ0v) is 15.6. The molecule has 0 unspecified atom stereocenters. The summed E-state index contributed by atoms with van der Waals surface area (Å²) in [7, 11) is -2.35. The molecule has 0 bridgehead atoms. The minimum Gasteiger partial charge on any atom is -0.278 e. The van der Waals surface area contributed by atoms with Crippen LogP contribution in [0.5, 0.6) is 0 Å². The number of anilines is 1. The topological polar surface area (TPSA) is 120 Å². The van der Waals surface area contributed by atoms with Gasteiger partial charge in [-0.1, -0.05) is 11.6 Å². The second-order valence-corrected chi connectivity index (χ2v) is 7.81. The number of rotatable bonds is 4. The van der Waals surface area contributed by atoms with E-state index in [0.717, 1.165) is 6.07 Å². The van der Waals surface area contributed by atoms with Crippen molar-refractivity contribution < 1.29 is 13.3 Å². The highest BCUT2D eigenvalue weighted by Crippen LogP contribution is 2.30. The van der Waals surface area contributed by atoms with Crippen LogP contribution in [-0.4, -0.2) is 28.1 Å². The number of benzene rings is 1. The summed E-state index contributed by atoms with van der Waals surface area (Å²) in [4.78, 5) is 14.3. The van der Waals surface area contributed by atoms with Gasteiger partial charge in [-0.2, -0.15) is 5.10 Å². The Bertz CT molecular complexity index is 1160. The van der Waals surface area contributed by atoms with Gasteiger partial charge in [0.2, 0.25) is 0 Å². The van der Waals surface area contributed by atoms with Crippen LogP contribution in [0.1, 0.15) is 11.3 Å². The predicted molar refractivity (Wildman–Crippen MR) is 96.9 cm³/mol. The molecule has 0 aliphatic rings. The highest BCUT2D eigenvalue weighted by atomic mass is 35.5. The molecule has 1 N–H and O–H groups in total. The number of aryl methyl sites for hydroxylation is 2. The molecule has 11 heteroatoms. The molecular weight excluding hydrogens is 382 g/mol. The average Bonchev–Trinajstić information content (AvgIpc) is 2.83. The van der Waals surface area contributed by atoms with E-state index < -0.39 is 14.9 Å². The zero-order valence-electron chi connectivity index (χ0n) is 14.0. The molecule has 0 radical (unpaired) electrons. The van der Waals surface area contributed by atoms with Crippen LogP contribution in [0.4, 0.5) is 11.4 Å².